The van der Waals surface area contributed by atoms with Crippen LogP contribution in [0, 0.1) is 17.3 Å². The molecule has 13 heteroatoms. The Morgan fingerprint density at radius 3 is 2.47 bits per heavy atom. The van der Waals surface area contributed by atoms with Gasteiger partial charge in [-0.15, -0.1) is 11.3 Å². The van der Waals surface area contributed by atoms with E-state index >= 15 is 0 Å². The van der Waals surface area contributed by atoms with Gasteiger partial charge in [0.25, 0.3) is 17.4 Å². The largest absolute Gasteiger partial charge is 0.386 e. The van der Waals surface area contributed by atoms with Crippen molar-refractivity contribution in [1.82, 2.24) is 24.7 Å². The second-order valence-electron chi connectivity index (χ2n) is 18.6. The van der Waals surface area contributed by atoms with Gasteiger partial charge in [0.05, 0.1) is 37.6 Å². The topological polar surface area (TPSA) is 154 Å². The Hall–Kier alpha value is -5.24. The van der Waals surface area contributed by atoms with E-state index < -0.39 is 29.4 Å². The van der Waals surface area contributed by atoms with E-state index in [1.807, 2.05) is 54.7 Å². The van der Waals surface area contributed by atoms with Crippen molar-refractivity contribution >= 4 is 61.6 Å². The highest BCUT2D eigenvalue weighted by atomic mass is 32.1. The number of pyridine rings is 1. The molecule has 0 bridgehead atoms. The molecule has 2 aliphatic carbocycles. The van der Waals surface area contributed by atoms with E-state index in [9.17, 15) is 29.1 Å². The van der Waals surface area contributed by atoms with Crippen molar-refractivity contribution in [3.8, 4) is 5.69 Å². The Balaban J connectivity index is 0.703. The molecule has 12 nitrogen and oxygen atoms in total. The number of imide groups is 2. The van der Waals surface area contributed by atoms with E-state index in [-0.39, 0.29) is 24.3 Å². The molecule has 4 fully saturated rings. The molecule has 1 atom stereocenters. The lowest BCUT2D eigenvalue weighted by Crippen LogP contribution is -2.63. The number of carbonyl (C=O) groups excluding carboxylic acids is 4. The summed E-state index contributed by atoms with van der Waals surface area (Å²) in [6.07, 6.45) is 10.1. The molecule has 1 spiro atoms. The van der Waals surface area contributed by atoms with Crippen molar-refractivity contribution in [2.75, 3.05) is 31.5 Å². The minimum atomic E-state index is -1.16. The molecule has 5 aliphatic rings. The highest BCUT2D eigenvalue weighted by Crippen LogP contribution is 2.53. The molecule has 1 unspecified atom stereocenters. The van der Waals surface area contributed by atoms with Gasteiger partial charge in [-0.25, -0.2) is 4.98 Å². The fourth-order valence-electron chi connectivity index (χ4n) is 10.9. The van der Waals surface area contributed by atoms with Crippen molar-refractivity contribution in [2.45, 2.75) is 89.2 Å². The summed E-state index contributed by atoms with van der Waals surface area (Å²) in [7, 11) is 0. The summed E-state index contributed by atoms with van der Waals surface area (Å²) >= 11 is 1.72. The Morgan fingerprint density at radius 1 is 0.917 bits per heavy atom. The first-order chi connectivity index (χ1) is 28.8. The zero-order valence-electron chi connectivity index (χ0n) is 34.0. The van der Waals surface area contributed by atoms with Crippen LogP contribution in [0.4, 0.5) is 5.69 Å². The number of hydrogen-bond donors (Lipinski definition) is 3. The first kappa shape index (κ1) is 38.9. The van der Waals surface area contributed by atoms with Gasteiger partial charge in [0.15, 0.2) is 0 Å². The molecule has 5 heterocycles. The number of amides is 4. The van der Waals surface area contributed by atoms with Crippen LogP contribution in [0.2, 0.25) is 0 Å². The maximum absolute atomic E-state index is 13.6. The number of likely N-dealkylation sites (tertiary alicyclic amines) is 1. The molecule has 4 amide bonds. The lowest BCUT2D eigenvalue weighted by Gasteiger charge is -2.60. The van der Waals surface area contributed by atoms with Crippen LogP contribution in [0.25, 0.3) is 26.7 Å². The number of piperidine rings is 1. The molecular weight excluding hydrogens is 777 g/mol. The Bertz CT molecular complexity index is 2640. The first-order valence-electron chi connectivity index (χ1n) is 21.4. The number of thiazole rings is 1. The van der Waals surface area contributed by atoms with Gasteiger partial charge in [0, 0.05) is 61.4 Å². The third kappa shape index (κ3) is 6.84. The predicted octanol–water partition coefficient (Wildman–Crippen LogP) is 6.72. The number of anilines is 1. The number of nitrogens with zero attached hydrogens (tertiary/aromatic N) is 4. The Labute approximate surface area is 352 Å². The third-order valence-corrected chi connectivity index (χ3v) is 15.0. The van der Waals surface area contributed by atoms with Crippen LogP contribution < -0.4 is 16.2 Å². The monoisotopic (exact) mass is 826 g/mol. The van der Waals surface area contributed by atoms with E-state index in [4.69, 9.17) is 4.98 Å². The summed E-state index contributed by atoms with van der Waals surface area (Å²) in [6.45, 7) is 7.71. The van der Waals surface area contributed by atoms with Gasteiger partial charge in [-0.3, -0.25) is 38.8 Å². The van der Waals surface area contributed by atoms with Crippen LogP contribution in [0.15, 0.2) is 71.7 Å². The van der Waals surface area contributed by atoms with Gasteiger partial charge in [0.2, 0.25) is 11.8 Å². The molecule has 3 aromatic carbocycles. The summed E-state index contributed by atoms with van der Waals surface area (Å²) in [4.78, 5) is 73.2. The van der Waals surface area contributed by atoms with Crippen LogP contribution in [-0.4, -0.2) is 80.3 Å². The van der Waals surface area contributed by atoms with Gasteiger partial charge < -0.3 is 15.3 Å². The second kappa shape index (κ2) is 14.7. The lowest BCUT2D eigenvalue weighted by molar-refractivity contribution is -0.136. The van der Waals surface area contributed by atoms with Gasteiger partial charge in [0.1, 0.15) is 6.04 Å². The van der Waals surface area contributed by atoms with Crippen LogP contribution in [0.1, 0.15) is 109 Å². The molecular formula is C47H50N6O6S. The fourth-order valence-corrected chi connectivity index (χ4v) is 12.1. The number of hydrogen-bond acceptors (Lipinski definition) is 10. The number of aliphatic hydroxyl groups is 1. The number of rotatable bonds is 10. The molecule has 3 aliphatic heterocycles. The van der Waals surface area contributed by atoms with Gasteiger partial charge in [-0.2, -0.15) is 0 Å². The summed E-state index contributed by atoms with van der Waals surface area (Å²) in [5.41, 5.74) is 2.65. The molecule has 5 aromatic rings. The molecule has 2 aromatic heterocycles. The summed E-state index contributed by atoms with van der Waals surface area (Å²) < 4.78 is 2.69. The number of aromatic nitrogens is 2. The minimum Gasteiger partial charge on any atom is -0.386 e. The molecule has 310 valence electrons. The van der Waals surface area contributed by atoms with E-state index in [0.717, 1.165) is 51.3 Å². The highest BCUT2D eigenvalue weighted by Gasteiger charge is 2.52. The van der Waals surface area contributed by atoms with Crippen LogP contribution in [-0.2, 0) is 15.2 Å². The Morgan fingerprint density at radius 2 is 1.70 bits per heavy atom. The number of carbonyl (C=O) groups is 4. The van der Waals surface area contributed by atoms with Crippen molar-refractivity contribution in [2.24, 2.45) is 17.3 Å². The average Bonchev–Trinajstić information content (AvgIpc) is 3.73. The Kier molecular flexibility index (Phi) is 9.56. The molecule has 0 radical (unpaired) electrons. The van der Waals surface area contributed by atoms with Gasteiger partial charge >= 0.3 is 0 Å². The smallest absolute Gasteiger partial charge is 0.264 e. The van der Waals surface area contributed by atoms with Crippen LogP contribution in [0.3, 0.4) is 0 Å². The maximum atomic E-state index is 13.6. The van der Waals surface area contributed by atoms with E-state index in [2.05, 4.69) is 15.5 Å². The highest BCUT2D eigenvalue weighted by molar-refractivity contribution is 7.18. The average molecular weight is 827 g/mol. The molecule has 3 N–H and O–H groups in total. The molecule has 10 rings (SSSR count). The van der Waals surface area contributed by atoms with Crippen LogP contribution >= 0.6 is 11.3 Å². The lowest BCUT2D eigenvalue weighted by atomic mass is 9.57. The number of nitrogens with one attached hydrogen (secondary N) is 2. The fraction of sp³-hybridized carbons (Fsp3) is 0.447. The predicted molar refractivity (Wildman–Crippen MR) is 230 cm³/mol. The van der Waals surface area contributed by atoms with Gasteiger partial charge in [-0.1, -0.05) is 24.3 Å². The van der Waals surface area contributed by atoms with Gasteiger partial charge in [-0.05, 0) is 124 Å². The molecule has 60 heavy (non-hydrogen) atoms. The van der Waals surface area contributed by atoms with Crippen molar-refractivity contribution in [3.05, 3.63) is 98.9 Å². The molecule has 2 saturated heterocycles. The normalized spacial score (nSPS) is 23.2. The summed E-state index contributed by atoms with van der Waals surface area (Å²) in [6, 6.07) is 17.8. The van der Waals surface area contributed by atoms with Crippen molar-refractivity contribution < 1.29 is 24.3 Å². The second-order valence-corrected chi connectivity index (χ2v) is 19.6. The standard InChI is InChI=1S/C47H50N6O6S/c1-46(2,59)33-20-35-38(21-37(33)52-19-17-29-6-3-4-7-31(29)43(52)56)60-42(49-35)30-12-10-27(11-13-30)24-51-25-47(26-51)22-28(23-47)16-18-48-34-9-5-8-32-40(34)45(58)53(44(32)57)36-14-15-39(54)50-41(36)55/h3-9,17,19-21,27-28,30,36,48,59H,10-16,18,22-26H2,1-2H3,(H,50,54,55). The summed E-state index contributed by atoms with van der Waals surface area (Å²) in [5, 5.41) is 19.6. The van der Waals surface area contributed by atoms with E-state index in [1.54, 1.807) is 41.9 Å². The maximum Gasteiger partial charge on any atom is 0.264 e. The quantitative estimate of drug-likeness (QED) is 0.130. The third-order valence-electron chi connectivity index (χ3n) is 13.9. The zero-order chi connectivity index (χ0) is 41.5. The number of fused-ring (bicyclic) bond motifs is 3. The van der Waals surface area contributed by atoms with Crippen molar-refractivity contribution in [3.63, 3.8) is 0 Å². The zero-order valence-corrected chi connectivity index (χ0v) is 34.9. The summed E-state index contributed by atoms with van der Waals surface area (Å²) in [5.74, 6) is -0.226. The first-order valence-corrected chi connectivity index (χ1v) is 22.2. The van der Waals surface area contributed by atoms with E-state index in [1.165, 1.54) is 38.8 Å². The van der Waals surface area contributed by atoms with E-state index in [0.29, 0.717) is 63.2 Å². The molecule has 2 saturated carbocycles. The minimum absolute atomic E-state index is 0.0954. The number of benzene rings is 3. The van der Waals surface area contributed by atoms with Crippen molar-refractivity contribution in [1.29, 1.82) is 0 Å². The van der Waals surface area contributed by atoms with Crippen LogP contribution in [0.5, 0.6) is 0 Å². The SMILES string of the molecule is CC(C)(O)c1cc2nc(C3CCC(CN4CC5(CC(CCNc6cccc7c6C(=O)N(C6CCC(=O)NC6=O)C7=O)C5)C4)CC3)sc2cc1-n1ccc2ccccc2c1=O.